The Hall–Kier alpha value is -1.06. The van der Waals surface area contributed by atoms with Gasteiger partial charge in [0, 0.05) is 25.7 Å². The van der Waals surface area contributed by atoms with E-state index in [4.69, 9.17) is 0 Å². The van der Waals surface area contributed by atoms with Gasteiger partial charge in [0.1, 0.15) is 6.54 Å². The Morgan fingerprint density at radius 1 is 1.15 bits per heavy atom. The molecule has 7 nitrogen and oxygen atoms in total. The van der Waals surface area contributed by atoms with E-state index in [1.54, 1.807) is 14.1 Å². The number of nitrogens with zero attached hydrogens (tertiary/aromatic N) is 2. The number of nitrogens with one attached hydrogen (secondary N) is 3. The number of hydrogen-bond donors (Lipinski definition) is 3. The fraction of sp³-hybridized carbons (Fsp3) is 0.833. The molecule has 150 valence electrons. The van der Waals surface area contributed by atoms with Crippen LogP contribution in [0.4, 0.5) is 0 Å². The van der Waals surface area contributed by atoms with Crippen LogP contribution in [0.2, 0.25) is 0 Å². The van der Waals surface area contributed by atoms with Crippen LogP contribution in [0.3, 0.4) is 0 Å². The van der Waals surface area contributed by atoms with E-state index in [0.29, 0.717) is 17.9 Å². The first kappa shape index (κ1) is 23.0. The van der Waals surface area contributed by atoms with Gasteiger partial charge in [-0.15, -0.1) is 24.0 Å². The van der Waals surface area contributed by atoms with Gasteiger partial charge in [-0.05, 0) is 51.9 Å². The van der Waals surface area contributed by atoms with Gasteiger partial charge < -0.3 is 20.9 Å². The molecule has 0 aromatic heterocycles. The number of carbonyl (C=O) groups excluding carboxylic acids is 2. The quantitative estimate of drug-likeness (QED) is 0.316. The Labute approximate surface area is 174 Å². The lowest BCUT2D eigenvalue weighted by molar-refractivity contribution is -0.127. The molecule has 8 heteroatoms. The standard InChI is InChI=1S/C18H33N5O2.HI/c1-18(2,3)22-15(24)10-19-17(20-11-16(25)23(4)5)21-14-9-12-6-7-13(14)8-12;/h12-14H,6-11H2,1-5H3,(H,22,24)(H2,19,20,21);1H. The second-order valence-electron chi connectivity index (χ2n) is 8.53. The van der Waals surface area contributed by atoms with Crippen LogP contribution in [0.1, 0.15) is 46.5 Å². The Morgan fingerprint density at radius 3 is 2.35 bits per heavy atom. The molecule has 0 aliphatic heterocycles. The number of amides is 2. The summed E-state index contributed by atoms with van der Waals surface area (Å²) in [7, 11) is 3.45. The predicted molar refractivity (Wildman–Crippen MR) is 115 cm³/mol. The lowest BCUT2D eigenvalue weighted by Crippen LogP contribution is -2.49. The van der Waals surface area contributed by atoms with Crippen LogP contribution < -0.4 is 16.0 Å². The molecule has 2 amide bonds. The van der Waals surface area contributed by atoms with Gasteiger partial charge in [-0.25, -0.2) is 4.99 Å². The van der Waals surface area contributed by atoms with E-state index in [9.17, 15) is 9.59 Å². The van der Waals surface area contributed by atoms with E-state index in [2.05, 4.69) is 20.9 Å². The van der Waals surface area contributed by atoms with E-state index in [-0.39, 0.29) is 54.4 Å². The van der Waals surface area contributed by atoms with Crippen molar-refractivity contribution in [3.63, 3.8) is 0 Å². The number of hydrogen-bond acceptors (Lipinski definition) is 3. The summed E-state index contributed by atoms with van der Waals surface area (Å²) in [4.78, 5) is 29.8. The number of carbonyl (C=O) groups is 2. The summed E-state index contributed by atoms with van der Waals surface area (Å²) in [5.41, 5.74) is -0.279. The van der Waals surface area contributed by atoms with Crippen molar-refractivity contribution >= 4 is 41.8 Å². The first-order valence-electron chi connectivity index (χ1n) is 9.20. The van der Waals surface area contributed by atoms with Crippen LogP contribution in [-0.4, -0.2) is 61.4 Å². The third-order valence-electron chi connectivity index (χ3n) is 4.86. The highest BCUT2D eigenvalue weighted by molar-refractivity contribution is 14.0. The number of aliphatic imine (C=N–C) groups is 1. The van der Waals surface area contributed by atoms with Crippen molar-refractivity contribution < 1.29 is 9.59 Å². The monoisotopic (exact) mass is 479 g/mol. The molecule has 0 saturated heterocycles. The summed E-state index contributed by atoms with van der Waals surface area (Å²) < 4.78 is 0. The fourth-order valence-electron chi connectivity index (χ4n) is 3.68. The molecule has 2 aliphatic carbocycles. The van der Waals surface area contributed by atoms with Gasteiger partial charge in [-0.1, -0.05) is 6.42 Å². The van der Waals surface area contributed by atoms with Crippen molar-refractivity contribution in [3.05, 3.63) is 0 Å². The molecule has 2 rings (SSSR count). The van der Waals surface area contributed by atoms with E-state index >= 15 is 0 Å². The third-order valence-corrected chi connectivity index (χ3v) is 4.86. The molecule has 2 aliphatic rings. The molecule has 0 spiro atoms. The maximum atomic E-state index is 12.0. The number of rotatable bonds is 5. The topological polar surface area (TPSA) is 85.8 Å². The minimum atomic E-state index is -0.279. The van der Waals surface area contributed by atoms with Crippen LogP contribution >= 0.6 is 24.0 Å². The highest BCUT2D eigenvalue weighted by Crippen LogP contribution is 2.44. The summed E-state index contributed by atoms with van der Waals surface area (Å²) in [6.45, 7) is 6.04. The highest BCUT2D eigenvalue weighted by Gasteiger charge is 2.39. The van der Waals surface area contributed by atoms with Crippen molar-refractivity contribution in [2.75, 3.05) is 27.2 Å². The van der Waals surface area contributed by atoms with E-state index in [0.717, 1.165) is 12.3 Å². The molecule has 0 aromatic rings. The summed E-state index contributed by atoms with van der Waals surface area (Å²) in [5, 5.41) is 9.42. The predicted octanol–water partition coefficient (Wildman–Crippen LogP) is 1.33. The van der Waals surface area contributed by atoms with Gasteiger partial charge in [-0.2, -0.15) is 0 Å². The Kier molecular flexibility index (Phi) is 8.62. The summed E-state index contributed by atoms with van der Waals surface area (Å²) in [6, 6.07) is 0.394. The molecule has 0 radical (unpaired) electrons. The number of fused-ring (bicyclic) bond motifs is 2. The maximum absolute atomic E-state index is 12.0. The van der Waals surface area contributed by atoms with Gasteiger partial charge in [-0.3, -0.25) is 9.59 Å². The summed E-state index contributed by atoms with van der Waals surface area (Å²) in [5.74, 6) is 1.90. The van der Waals surface area contributed by atoms with Crippen molar-refractivity contribution in [2.24, 2.45) is 16.8 Å². The first-order valence-corrected chi connectivity index (χ1v) is 9.20. The maximum Gasteiger partial charge on any atom is 0.242 e. The molecule has 2 fully saturated rings. The SMILES string of the molecule is CN(C)C(=O)CNC(=NCC(=O)NC(C)(C)C)NC1CC2CCC1C2.I. The van der Waals surface area contributed by atoms with Crippen LogP contribution in [0.5, 0.6) is 0 Å². The highest BCUT2D eigenvalue weighted by atomic mass is 127. The molecule has 2 bridgehead atoms. The molecule has 3 N–H and O–H groups in total. The van der Waals surface area contributed by atoms with Crippen molar-refractivity contribution in [2.45, 2.75) is 58.0 Å². The van der Waals surface area contributed by atoms with Crippen LogP contribution in [0, 0.1) is 11.8 Å². The average molecular weight is 479 g/mol. The molecule has 2 saturated carbocycles. The van der Waals surface area contributed by atoms with E-state index < -0.39 is 0 Å². The Bertz CT molecular complexity index is 530. The van der Waals surface area contributed by atoms with Crippen molar-refractivity contribution in [1.29, 1.82) is 0 Å². The van der Waals surface area contributed by atoms with Gasteiger partial charge in [0.25, 0.3) is 0 Å². The van der Waals surface area contributed by atoms with Crippen LogP contribution in [0.15, 0.2) is 4.99 Å². The Balaban J connectivity index is 0.00000338. The largest absolute Gasteiger partial charge is 0.353 e. The zero-order valence-electron chi connectivity index (χ0n) is 16.6. The lowest BCUT2D eigenvalue weighted by Gasteiger charge is -2.25. The number of guanidine groups is 1. The molecule has 3 atom stereocenters. The second kappa shape index (κ2) is 9.75. The van der Waals surface area contributed by atoms with Gasteiger partial charge in [0.05, 0.1) is 6.54 Å². The molecule has 3 unspecified atom stereocenters. The van der Waals surface area contributed by atoms with E-state index in [1.807, 2.05) is 20.8 Å². The van der Waals surface area contributed by atoms with Crippen molar-refractivity contribution in [1.82, 2.24) is 20.9 Å². The smallest absolute Gasteiger partial charge is 0.242 e. The third kappa shape index (κ3) is 7.28. The minimum Gasteiger partial charge on any atom is -0.353 e. The first-order chi connectivity index (χ1) is 11.6. The van der Waals surface area contributed by atoms with Gasteiger partial charge in [0.2, 0.25) is 11.8 Å². The Morgan fingerprint density at radius 2 is 1.85 bits per heavy atom. The fourth-order valence-corrected chi connectivity index (χ4v) is 3.68. The molecular formula is C18H34IN5O2. The zero-order valence-corrected chi connectivity index (χ0v) is 18.9. The van der Waals surface area contributed by atoms with Crippen molar-refractivity contribution in [3.8, 4) is 0 Å². The van der Waals surface area contributed by atoms with Gasteiger partial charge in [0.15, 0.2) is 5.96 Å². The summed E-state index contributed by atoms with van der Waals surface area (Å²) >= 11 is 0. The number of halogens is 1. The second-order valence-corrected chi connectivity index (χ2v) is 8.53. The van der Waals surface area contributed by atoms with Crippen LogP contribution in [-0.2, 0) is 9.59 Å². The molecule has 0 aromatic carbocycles. The van der Waals surface area contributed by atoms with Crippen LogP contribution in [0.25, 0.3) is 0 Å². The minimum absolute atomic E-state index is 0. The summed E-state index contributed by atoms with van der Waals surface area (Å²) in [6.07, 6.45) is 5.03. The molecule has 26 heavy (non-hydrogen) atoms. The van der Waals surface area contributed by atoms with Gasteiger partial charge >= 0.3 is 0 Å². The molecular weight excluding hydrogens is 445 g/mol. The average Bonchev–Trinajstić information content (AvgIpc) is 3.10. The van der Waals surface area contributed by atoms with E-state index in [1.165, 1.54) is 24.2 Å². The normalized spacial score (nSPS) is 24.7. The lowest BCUT2D eigenvalue weighted by atomic mass is 9.95. The molecule has 0 heterocycles. The number of likely N-dealkylation sites (N-methyl/N-ethyl adjacent to an activating group) is 1. The zero-order chi connectivity index (χ0) is 18.6.